The molecule has 0 aliphatic carbocycles. The fourth-order valence-electron chi connectivity index (χ4n) is 2.77. The van der Waals surface area contributed by atoms with Crippen molar-refractivity contribution in [1.29, 1.82) is 0 Å². The van der Waals surface area contributed by atoms with Crippen LogP contribution in [0.2, 0.25) is 0 Å². The van der Waals surface area contributed by atoms with E-state index in [2.05, 4.69) is 29.0 Å². The quantitative estimate of drug-likeness (QED) is 0.744. The van der Waals surface area contributed by atoms with Crippen molar-refractivity contribution in [3.63, 3.8) is 0 Å². The van der Waals surface area contributed by atoms with Gasteiger partial charge in [-0.3, -0.25) is 9.80 Å². The molecule has 2 aliphatic rings. The molecule has 0 aromatic carbocycles. The summed E-state index contributed by atoms with van der Waals surface area (Å²) in [5.41, 5.74) is 0.452. The fraction of sp³-hybridized carbons (Fsp3) is 1.00. The molecular weight excluding hydrogens is 186 g/mol. The van der Waals surface area contributed by atoms with Gasteiger partial charge in [-0.2, -0.15) is 0 Å². The number of piperazine rings is 1. The van der Waals surface area contributed by atoms with Crippen molar-refractivity contribution in [2.24, 2.45) is 0 Å². The van der Waals surface area contributed by atoms with Crippen molar-refractivity contribution >= 4 is 0 Å². The molecule has 0 saturated carbocycles. The molecule has 0 bridgehead atoms. The number of hydrogen-bond acceptors (Lipinski definition) is 3. The second kappa shape index (κ2) is 4.81. The molecule has 2 saturated heterocycles. The van der Waals surface area contributed by atoms with Crippen molar-refractivity contribution < 1.29 is 0 Å². The van der Waals surface area contributed by atoms with Crippen molar-refractivity contribution in [3.8, 4) is 0 Å². The minimum absolute atomic E-state index is 0.452. The maximum absolute atomic E-state index is 3.40. The molecule has 2 heterocycles. The van der Waals surface area contributed by atoms with Crippen molar-refractivity contribution in [2.75, 3.05) is 45.8 Å². The highest BCUT2D eigenvalue weighted by Crippen LogP contribution is 2.27. The third-order valence-corrected chi connectivity index (χ3v) is 3.97. The number of likely N-dealkylation sites (tertiary alicyclic amines) is 1. The highest BCUT2D eigenvalue weighted by molar-refractivity contribution is 4.88. The van der Waals surface area contributed by atoms with Crippen molar-refractivity contribution in [1.82, 2.24) is 15.1 Å². The largest absolute Gasteiger partial charge is 0.314 e. The molecule has 0 aromatic rings. The van der Waals surface area contributed by atoms with Gasteiger partial charge in [-0.1, -0.05) is 0 Å². The molecule has 0 aromatic heterocycles. The molecular formula is C12H25N3. The Kier molecular flexibility index (Phi) is 3.65. The predicted octanol–water partition coefficient (Wildman–Crippen LogP) is 0.766. The monoisotopic (exact) mass is 211 g/mol. The topological polar surface area (TPSA) is 18.5 Å². The molecule has 88 valence electrons. The Labute approximate surface area is 93.8 Å². The summed E-state index contributed by atoms with van der Waals surface area (Å²) in [5, 5.41) is 3.40. The van der Waals surface area contributed by atoms with Gasteiger partial charge >= 0.3 is 0 Å². The SMILES string of the molecule is CC1(C)CCCN1CCN1CCNCC1. The van der Waals surface area contributed by atoms with Crippen LogP contribution in [0.15, 0.2) is 0 Å². The molecule has 0 amide bonds. The fourth-order valence-corrected chi connectivity index (χ4v) is 2.77. The van der Waals surface area contributed by atoms with Gasteiger partial charge in [0.2, 0.25) is 0 Å². The summed E-state index contributed by atoms with van der Waals surface area (Å²) in [7, 11) is 0. The Balaban J connectivity index is 1.72. The zero-order valence-electron chi connectivity index (χ0n) is 10.3. The van der Waals surface area contributed by atoms with E-state index in [0.29, 0.717) is 5.54 Å². The van der Waals surface area contributed by atoms with Crippen molar-refractivity contribution in [2.45, 2.75) is 32.2 Å². The van der Waals surface area contributed by atoms with Crippen LogP contribution in [0.5, 0.6) is 0 Å². The Morgan fingerprint density at radius 2 is 1.80 bits per heavy atom. The van der Waals surface area contributed by atoms with E-state index >= 15 is 0 Å². The van der Waals surface area contributed by atoms with Crippen LogP contribution < -0.4 is 5.32 Å². The van der Waals surface area contributed by atoms with E-state index in [9.17, 15) is 0 Å². The average molecular weight is 211 g/mol. The molecule has 0 atom stereocenters. The van der Waals surface area contributed by atoms with E-state index in [4.69, 9.17) is 0 Å². The van der Waals surface area contributed by atoms with Gasteiger partial charge in [-0.15, -0.1) is 0 Å². The molecule has 3 nitrogen and oxygen atoms in total. The molecule has 1 N–H and O–H groups in total. The third-order valence-electron chi connectivity index (χ3n) is 3.97. The summed E-state index contributed by atoms with van der Waals surface area (Å²) in [6.07, 6.45) is 2.75. The first kappa shape index (κ1) is 11.4. The van der Waals surface area contributed by atoms with E-state index in [1.165, 1.54) is 58.7 Å². The molecule has 15 heavy (non-hydrogen) atoms. The molecule has 0 spiro atoms. The molecule has 0 unspecified atom stereocenters. The Bertz CT molecular complexity index is 197. The summed E-state index contributed by atoms with van der Waals surface area (Å²) in [6.45, 7) is 13.4. The minimum atomic E-state index is 0.452. The Hall–Kier alpha value is -0.120. The summed E-state index contributed by atoms with van der Waals surface area (Å²) in [5.74, 6) is 0. The van der Waals surface area contributed by atoms with Gasteiger partial charge in [0.25, 0.3) is 0 Å². The average Bonchev–Trinajstić information content (AvgIpc) is 2.56. The van der Waals surface area contributed by atoms with Crippen LogP contribution in [0.25, 0.3) is 0 Å². The van der Waals surface area contributed by atoms with Gasteiger partial charge in [0.1, 0.15) is 0 Å². The number of rotatable bonds is 3. The zero-order chi connectivity index (χ0) is 10.7. The van der Waals surface area contributed by atoms with Crippen molar-refractivity contribution in [3.05, 3.63) is 0 Å². The maximum atomic E-state index is 3.40. The van der Waals surface area contributed by atoms with Crippen LogP contribution in [-0.4, -0.2) is 61.2 Å². The van der Waals surface area contributed by atoms with Gasteiger partial charge in [-0.05, 0) is 33.2 Å². The lowest BCUT2D eigenvalue weighted by Gasteiger charge is -2.34. The summed E-state index contributed by atoms with van der Waals surface area (Å²) in [4.78, 5) is 5.25. The summed E-state index contributed by atoms with van der Waals surface area (Å²) in [6, 6.07) is 0. The van der Waals surface area contributed by atoms with Crippen LogP contribution in [-0.2, 0) is 0 Å². The lowest BCUT2D eigenvalue weighted by molar-refractivity contribution is 0.139. The van der Waals surface area contributed by atoms with Crippen LogP contribution in [0.1, 0.15) is 26.7 Å². The summed E-state index contributed by atoms with van der Waals surface area (Å²) >= 11 is 0. The van der Waals surface area contributed by atoms with E-state index < -0.39 is 0 Å². The molecule has 2 aliphatic heterocycles. The highest BCUT2D eigenvalue weighted by Gasteiger charge is 2.31. The smallest absolute Gasteiger partial charge is 0.0154 e. The molecule has 2 rings (SSSR count). The first-order chi connectivity index (χ1) is 7.18. The lowest BCUT2D eigenvalue weighted by Crippen LogP contribution is -2.48. The zero-order valence-corrected chi connectivity index (χ0v) is 10.3. The van der Waals surface area contributed by atoms with Gasteiger partial charge in [0.05, 0.1) is 0 Å². The second-order valence-electron chi connectivity index (χ2n) is 5.49. The standard InChI is InChI=1S/C12H25N3/c1-12(2)4-3-7-15(12)11-10-14-8-5-13-6-9-14/h13H,3-11H2,1-2H3. The van der Waals surface area contributed by atoms with Gasteiger partial charge in [0.15, 0.2) is 0 Å². The van der Waals surface area contributed by atoms with Crippen LogP contribution in [0.4, 0.5) is 0 Å². The van der Waals surface area contributed by atoms with Crippen LogP contribution in [0, 0.1) is 0 Å². The number of nitrogens with zero attached hydrogens (tertiary/aromatic N) is 2. The lowest BCUT2D eigenvalue weighted by atomic mass is 10.0. The third kappa shape index (κ3) is 2.92. The first-order valence-electron chi connectivity index (χ1n) is 6.37. The van der Waals surface area contributed by atoms with Gasteiger partial charge in [0, 0.05) is 44.8 Å². The van der Waals surface area contributed by atoms with E-state index in [1.807, 2.05) is 0 Å². The Morgan fingerprint density at radius 3 is 2.40 bits per heavy atom. The predicted molar refractivity (Wildman–Crippen MR) is 64.2 cm³/mol. The number of hydrogen-bond donors (Lipinski definition) is 1. The maximum Gasteiger partial charge on any atom is 0.0154 e. The Morgan fingerprint density at radius 1 is 1.07 bits per heavy atom. The summed E-state index contributed by atoms with van der Waals surface area (Å²) < 4.78 is 0. The van der Waals surface area contributed by atoms with Crippen LogP contribution in [0.3, 0.4) is 0 Å². The second-order valence-corrected chi connectivity index (χ2v) is 5.49. The number of nitrogens with one attached hydrogen (secondary N) is 1. The minimum Gasteiger partial charge on any atom is -0.314 e. The normalized spacial score (nSPS) is 28.4. The van der Waals surface area contributed by atoms with Crippen LogP contribution >= 0.6 is 0 Å². The van der Waals surface area contributed by atoms with E-state index in [0.717, 1.165) is 0 Å². The molecule has 3 heteroatoms. The van der Waals surface area contributed by atoms with E-state index in [-0.39, 0.29) is 0 Å². The molecule has 0 radical (unpaired) electrons. The molecule has 2 fully saturated rings. The highest BCUT2D eigenvalue weighted by atomic mass is 15.3. The van der Waals surface area contributed by atoms with Gasteiger partial charge in [-0.25, -0.2) is 0 Å². The van der Waals surface area contributed by atoms with Gasteiger partial charge < -0.3 is 5.32 Å². The first-order valence-corrected chi connectivity index (χ1v) is 6.37. The van der Waals surface area contributed by atoms with E-state index in [1.54, 1.807) is 0 Å².